The summed E-state index contributed by atoms with van der Waals surface area (Å²) in [7, 11) is 0. The Bertz CT molecular complexity index is 331. The number of rotatable bonds is 6. The number of nitrogens with zero attached hydrogens (tertiary/aromatic N) is 1. The van der Waals surface area contributed by atoms with Crippen molar-refractivity contribution in [3.8, 4) is 0 Å². The molecular formula is C14H24N2O2S. The fourth-order valence-corrected chi connectivity index (χ4v) is 3.03. The molecule has 1 aliphatic carbocycles. The number of amides is 2. The van der Waals surface area contributed by atoms with Crippen molar-refractivity contribution >= 4 is 23.6 Å². The minimum atomic E-state index is 0.190. The van der Waals surface area contributed by atoms with E-state index in [1.807, 2.05) is 11.2 Å². The standard InChI is InChI=1S/C14H24N2O2S/c1-19-10-14(18)16-8-2-3-11(9-16)4-7-13(17)15-12-5-6-12/h11-12H,2-10H2,1H3,(H,15,17)/t11-/m0/s1. The van der Waals surface area contributed by atoms with Crippen molar-refractivity contribution in [2.75, 3.05) is 25.1 Å². The zero-order valence-electron chi connectivity index (χ0n) is 11.7. The van der Waals surface area contributed by atoms with E-state index in [-0.39, 0.29) is 11.8 Å². The number of likely N-dealkylation sites (tertiary alicyclic amines) is 1. The van der Waals surface area contributed by atoms with Gasteiger partial charge in [0.15, 0.2) is 0 Å². The zero-order valence-corrected chi connectivity index (χ0v) is 12.5. The molecule has 1 aliphatic heterocycles. The number of piperidine rings is 1. The summed E-state index contributed by atoms with van der Waals surface area (Å²) in [6, 6.07) is 0.457. The van der Waals surface area contributed by atoms with E-state index >= 15 is 0 Å². The Kier molecular flexibility index (Phi) is 5.55. The topological polar surface area (TPSA) is 49.4 Å². The Labute approximate surface area is 119 Å². The quantitative estimate of drug-likeness (QED) is 0.807. The van der Waals surface area contributed by atoms with Crippen LogP contribution in [0.1, 0.15) is 38.5 Å². The third kappa shape index (κ3) is 5.05. The lowest BCUT2D eigenvalue weighted by molar-refractivity contribution is -0.130. The predicted octanol–water partition coefficient (Wildman–Crippen LogP) is 1.65. The SMILES string of the molecule is CSCC(=O)N1CCC[C@@H](CCC(=O)NC2CC2)C1. The Morgan fingerprint density at radius 3 is 2.79 bits per heavy atom. The molecule has 1 saturated carbocycles. The van der Waals surface area contributed by atoms with Gasteiger partial charge < -0.3 is 10.2 Å². The maximum absolute atomic E-state index is 11.9. The first-order valence-electron chi connectivity index (χ1n) is 7.25. The molecule has 5 heteroatoms. The summed E-state index contributed by atoms with van der Waals surface area (Å²) in [5.74, 6) is 1.52. The summed E-state index contributed by atoms with van der Waals surface area (Å²) >= 11 is 1.58. The van der Waals surface area contributed by atoms with E-state index in [9.17, 15) is 9.59 Å². The summed E-state index contributed by atoms with van der Waals surface area (Å²) in [6.07, 6.45) is 8.02. The Morgan fingerprint density at radius 2 is 2.11 bits per heavy atom. The molecule has 2 aliphatic rings. The molecule has 0 bridgehead atoms. The highest BCUT2D eigenvalue weighted by Crippen LogP contribution is 2.23. The van der Waals surface area contributed by atoms with Crippen LogP contribution in [0.4, 0.5) is 0 Å². The predicted molar refractivity (Wildman–Crippen MR) is 78.1 cm³/mol. The normalized spacial score (nSPS) is 23.2. The molecule has 2 fully saturated rings. The molecule has 4 nitrogen and oxygen atoms in total. The van der Waals surface area contributed by atoms with Gasteiger partial charge in [0.05, 0.1) is 5.75 Å². The molecule has 0 radical (unpaired) electrons. The van der Waals surface area contributed by atoms with Crippen LogP contribution in [0.5, 0.6) is 0 Å². The monoisotopic (exact) mass is 284 g/mol. The van der Waals surface area contributed by atoms with Crippen molar-refractivity contribution in [2.24, 2.45) is 5.92 Å². The highest BCUT2D eigenvalue weighted by atomic mass is 32.2. The number of thioether (sulfide) groups is 1. The average molecular weight is 284 g/mol. The summed E-state index contributed by atoms with van der Waals surface area (Å²) in [4.78, 5) is 25.5. The van der Waals surface area contributed by atoms with Crippen molar-refractivity contribution in [3.05, 3.63) is 0 Å². The maximum atomic E-state index is 11.9. The van der Waals surface area contributed by atoms with Crippen molar-refractivity contribution in [3.63, 3.8) is 0 Å². The maximum Gasteiger partial charge on any atom is 0.232 e. The molecule has 19 heavy (non-hydrogen) atoms. The van der Waals surface area contributed by atoms with Gasteiger partial charge in [-0.1, -0.05) is 0 Å². The van der Waals surface area contributed by atoms with Gasteiger partial charge in [-0.15, -0.1) is 0 Å². The Hall–Kier alpha value is -0.710. The third-order valence-corrected chi connectivity index (χ3v) is 4.40. The van der Waals surface area contributed by atoms with Gasteiger partial charge in [0.2, 0.25) is 11.8 Å². The van der Waals surface area contributed by atoms with Crippen LogP contribution in [0.15, 0.2) is 0 Å². The molecule has 2 amide bonds. The second kappa shape index (κ2) is 7.17. The highest BCUT2D eigenvalue weighted by molar-refractivity contribution is 7.99. The highest BCUT2D eigenvalue weighted by Gasteiger charge is 2.26. The first-order chi connectivity index (χ1) is 9.19. The minimum absolute atomic E-state index is 0.190. The molecule has 108 valence electrons. The molecule has 0 aromatic carbocycles. The van der Waals surface area contributed by atoms with Gasteiger partial charge in [-0.2, -0.15) is 11.8 Å². The van der Waals surface area contributed by atoms with Crippen LogP contribution in [0, 0.1) is 5.92 Å². The van der Waals surface area contributed by atoms with Gasteiger partial charge in [0.1, 0.15) is 0 Å². The lowest BCUT2D eigenvalue weighted by Crippen LogP contribution is -2.41. The van der Waals surface area contributed by atoms with Crippen molar-refractivity contribution in [1.29, 1.82) is 0 Å². The van der Waals surface area contributed by atoms with E-state index in [0.717, 1.165) is 45.2 Å². The fourth-order valence-electron chi connectivity index (χ4n) is 2.60. The van der Waals surface area contributed by atoms with Gasteiger partial charge in [-0.3, -0.25) is 9.59 Å². The van der Waals surface area contributed by atoms with Crippen molar-refractivity contribution in [1.82, 2.24) is 10.2 Å². The van der Waals surface area contributed by atoms with E-state index in [2.05, 4.69) is 5.32 Å². The molecule has 0 unspecified atom stereocenters. The number of nitrogens with one attached hydrogen (secondary N) is 1. The third-order valence-electron chi connectivity index (χ3n) is 3.86. The van der Waals surface area contributed by atoms with Gasteiger partial charge >= 0.3 is 0 Å². The first-order valence-corrected chi connectivity index (χ1v) is 8.64. The van der Waals surface area contributed by atoms with E-state index in [1.54, 1.807) is 11.8 Å². The number of carbonyl (C=O) groups excluding carboxylic acids is 2. The molecule has 1 saturated heterocycles. The Morgan fingerprint density at radius 1 is 1.32 bits per heavy atom. The molecule has 0 aromatic rings. The van der Waals surface area contributed by atoms with Gasteiger partial charge in [0, 0.05) is 25.6 Å². The van der Waals surface area contributed by atoms with Gasteiger partial charge in [-0.05, 0) is 44.3 Å². The number of hydrogen-bond acceptors (Lipinski definition) is 3. The number of hydrogen-bond donors (Lipinski definition) is 1. The van der Waals surface area contributed by atoms with Crippen molar-refractivity contribution in [2.45, 2.75) is 44.6 Å². The minimum Gasteiger partial charge on any atom is -0.353 e. The smallest absolute Gasteiger partial charge is 0.232 e. The summed E-state index contributed by atoms with van der Waals surface area (Å²) in [5, 5.41) is 3.02. The van der Waals surface area contributed by atoms with E-state index < -0.39 is 0 Å². The van der Waals surface area contributed by atoms with Crippen molar-refractivity contribution < 1.29 is 9.59 Å². The average Bonchev–Trinajstić information content (AvgIpc) is 3.21. The van der Waals surface area contributed by atoms with E-state index in [0.29, 0.717) is 24.1 Å². The molecular weight excluding hydrogens is 260 g/mol. The summed E-state index contributed by atoms with van der Waals surface area (Å²) in [6.45, 7) is 1.74. The lowest BCUT2D eigenvalue weighted by Gasteiger charge is -2.32. The van der Waals surface area contributed by atoms with Gasteiger partial charge in [0.25, 0.3) is 0 Å². The second-order valence-corrected chi connectivity index (χ2v) is 6.53. The zero-order chi connectivity index (χ0) is 13.7. The molecule has 1 heterocycles. The molecule has 2 rings (SSSR count). The van der Waals surface area contributed by atoms with Crippen LogP contribution in [0.2, 0.25) is 0 Å². The van der Waals surface area contributed by atoms with Crippen LogP contribution < -0.4 is 5.32 Å². The molecule has 1 N–H and O–H groups in total. The van der Waals surface area contributed by atoms with Crippen LogP contribution in [0.25, 0.3) is 0 Å². The van der Waals surface area contributed by atoms with Crippen LogP contribution >= 0.6 is 11.8 Å². The van der Waals surface area contributed by atoms with E-state index in [4.69, 9.17) is 0 Å². The second-order valence-electron chi connectivity index (χ2n) is 5.66. The molecule has 1 atom stereocenters. The number of carbonyl (C=O) groups is 2. The van der Waals surface area contributed by atoms with E-state index in [1.165, 1.54) is 0 Å². The largest absolute Gasteiger partial charge is 0.353 e. The van der Waals surface area contributed by atoms with Crippen LogP contribution in [-0.2, 0) is 9.59 Å². The fraction of sp³-hybridized carbons (Fsp3) is 0.857. The summed E-state index contributed by atoms with van der Waals surface area (Å²) < 4.78 is 0. The molecule has 0 aromatic heterocycles. The molecule has 0 spiro atoms. The Balaban J connectivity index is 1.68. The van der Waals surface area contributed by atoms with Gasteiger partial charge in [-0.25, -0.2) is 0 Å². The lowest BCUT2D eigenvalue weighted by atomic mass is 9.93. The van der Waals surface area contributed by atoms with Crippen LogP contribution in [0.3, 0.4) is 0 Å². The first kappa shape index (κ1) is 14.7. The summed E-state index contributed by atoms with van der Waals surface area (Å²) in [5.41, 5.74) is 0. The van der Waals surface area contributed by atoms with Crippen LogP contribution in [-0.4, -0.2) is 47.9 Å².